The Morgan fingerprint density at radius 1 is 1.00 bits per heavy atom. The zero-order valence-corrected chi connectivity index (χ0v) is 21.0. The molecule has 2 saturated heterocycles. The van der Waals surface area contributed by atoms with Crippen molar-refractivity contribution in [2.45, 2.75) is 50.7 Å². The number of methoxy groups -OCH3 is 1. The molecule has 8 heteroatoms. The van der Waals surface area contributed by atoms with Crippen LogP contribution in [0.4, 0.5) is 5.69 Å². The van der Waals surface area contributed by atoms with Crippen LogP contribution in [0.2, 0.25) is 0 Å². The third-order valence-corrected chi connectivity index (χ3v) is 7.24. The van der Waals surface area contributed by atoms with Gasteiger partial charge in [-0.1, -0.05) is 18.2 Å². The van der Waals surface area contributed by atoms with Crippen molar-refractivity contribution in [3.63, 3.8) is 0 Å². The zero-order valence-electron chi connectivity index (χ0n) is 20.2. The van der Waals surface area contributed by atoms with Gasteiger partial charge in [-0.15, -0.1) is 12.4 Å². The number of likely N-dealkylation sites (tertiary alicyclic amines) is 1. The van der Waals surface area contributed by atoms with Crippen LogP contribution in [0.25, 0.3) is 0 Å². The minimum absolute atomic E-state index is 0. The summed E-state index contributed by atoms with van der Waals surface area (Å²) in [6, 6.07) is 13.8. The highest BCUT2D eigenvalue weighted by molar-refractivity contribution is 5.98. The summed E-state index contributed by atoms with van der Waals surface area (Å²) < 4.78 is 11.7. The molecule has 2 fully saturated rings. The molecule has 1 N–H and O–H groups in total. The maximum absolute atomic E-state index is 13.3. The van der Waals surface area contributed by atoms with E-state index in [0.29, 0.717) is 30.8 Å². The summed E-state index contributed by atoms with van der Waals surface area (Å²) in [6.07, 6.45) is 5.04. The molecule has 3 aliphatic rings. The Hall–Kier alpha value is -2.77. The van der Waals surface area contributed by atoms with Crippen molar-refractivity contribution < 1.29 is 19.1 Å². The van der Waals surface area contributed by atoms with Crippen LogP contribution in [0.1, 0.15) is 48.0 Å². The SMILES string of the molecule is COc1cc(OC2CCNCC2)ccc1C(=O)N1CCC(N2C(=O)CCc3ccccc32)CC1.Cl. The maximum atomic E-state index is 13.3. The van der Waals surface area contributed by atoms with Crippen LogP contribution in [0, 0.1) is 0 Å². The summed E-state index contributed by atoms with van der Waals surface area (Å²) >= 11 is 0. The Kier molecular flexibility index (Phi) is 8.19. The highest BCUT2D eigenvalue weighted by Gasteiger charge is 2.34. The maximum Gasteiger partial charge on any atom is 0.257 e. The topological polar surface area (TPSA) is 71.1 Å². The van der Waals surface area contributed by atoms with Crippen molar-refractivity contribution in [1.82, 2.24) is 10.2 Å². The molecule has 0 bridgehead atoms. The monoisotopic (exact) mass is 499 g/mol. The average Bonchev–Trinajstić information content (AvgIpc) is 2.89. The number of carbonyl (C=O) groups excluding carboxylic acids is 2. The normalized spacial score (nSPS) is 19.1. The van der Waals surface area contributed by atoms with Crippen molar-refractivity contribution in [1.29, 1.82) is 0 Å². The number of ether oxygens (including phenoxy) is 2. The number of amides is 2. The first-order chi connectivity index (χ1) is 16.6. The molecule has 0 aliphatic carbocycles. The van der Waals surface area contributed by atoms with Gasteiger partial charge in [0.05, 0.1) is 12.7 Å². The van der Waals surface area contributed by atoms with Crippen LogP contribution in [0.3, 0.4) is 0 Å². The molecular formula is C27H34ClN3O4. The minimum Gasteiger partial charge on any atom is -0.496 e. The fourth-order valence-corrected chi connectivity index (χ4v) is 5.38. The smallest absolute Gasteiger partial charge is 0.257 e. The zero-order chi connectivity index (χ0) is 23.5. The van der Waals surface area contributed by atoms with Gasteiger partial charge in [0.1, 0.15) is 17.6 Å². The lowest BCUT2D eigenvalue weighted by molar-refractivity contribution is -0.119. The second-order valence-electron chi connectivity index (χ2n) is 9.35. The predicted molar refractivity (Wildman–Crippen MR) is 138 cm³/mol. The molecule has 2 aromatic carbocycles. The number of anilines is 1. The fourth-order valence-electron chi connectivity index (χ4n) is 5.38. The van der Waals surface area contributed by atoms with Crippen LogP contribution in [-0.4, -0.2) is 62.1 Å². The highest BCUT2D eigenvalue weighted by atomic mass is 35.5. The molecule has 0 saturated carbocycles. The molecule has 0 unspecified atom stereocenters. The Bertz CT molecular complexity index is 1050. The average molecular weight is 500 g/mol. The molecule has 0 atom stereocenters. The quantitative estimate of drug-likeness (QED) is 0.677. The van der Waals surface area contributed by atoms with Crippen LogP contribution in [-0.2, 0) is 11.2 Å². The number of halogens is 1. The van der Waals surface area contributed by atoms with Gasteiger partial charge < -0.3 is 24.6 Å². The number of benzene rings is 2. The van der Waals surface area contributed by atoms with Gasteiger partial charge in [0, 0.05) is 37.3 Å². The van der Waals surface area contributed by atoms with Crippen molar-refractivity contribution in [3.8, 4) is 11.5 Å². The highest BCUT2D eigenvalue weighted by Crippen LogP contribution is 2.33. The molecule has 7 nitrogen and oxygen atoms in total. The molecule has 0 aromatic heterocycles. The van der Waals surface area contributed by atoms with Gasteiger partial charge in [-0.3, -0.25) is 9.59 Å². The number of piperidine rings is 2. The van der Waals surface area contributed by atoms with Crippen molar-refractivity contribution in [2.75, 3.05) is 38.2 Å². The summed E-state index contributed by atoms with van der Waals surface area (Å²) in [7, 11) is 1.59. The first-order valence-corrected chi connectivity index (χ1v) is 12.4. The molecule has 2 amide bonds. The lowest BCUT2D eigenvalue weighted by Gasteiger charge is -2.41. The first-order valence-electron chi connectivity index (χ1n) is 12.4. The lowest BCUT2D eigenvalue weighted by atomic mass is 9.95. The largest absolute Gasteiger partial charge is 0.496 e. The first kappa shape index (κ1) is 25.3. The van der Waals surface area contributed by atoms with E-state index in [1.807, 2.05) is 46.2 Å². The van der Waals surface area contributed by atoms with Crippen molar-refractivity contribution in [3.05, 3.63) is 53.6 Å². The van der Waals surface area contributed by atoms with Gasteiger partial charge >= 0.3 is 0 Å². The van der Waals surface area contributed by atoms with Gasteiger partial charge in [0.15, 0.2) is 0 Å². The lowest BCUT2D eigenvalue weighted by Crippen LogP contribution is -2.50. The van der Waals surface area contributed by atoms with E-state index in [0.717, 1.165) is 56.6 Å². The van der Waals surface area contributed by atoms with E-state index in [-0.39, 0.29) is 36.4 Å². The molecular weight excluding hydrogens is 466 g/mol. The third-order valence-electron chi connectivity index (χ3n) is 7.24. The summed E-state index contributed by atoms with van der Waals surface area (Å²) in [5, 5.41) is 3.34. The molecule has 2 aromatic rings. The molecule has 0 spiro atoms. The van der Waals surface area contributed by atoms with Crippen molar-refractivity contribution >= 4 is 29.9 Å². The number of carbonyl (C=O) groups is 2. The molecule has 35 heavy (non-hydrogen) atoms. The van der Waals surface area contributed by atoms with E-state index in [2.05, 4.69) is 11.4 Å². The van der Waals surface area contributed by atoms with E-state index < -0.39 is 0 Å². The molecule has 5 rings (SSSR count). The van der Waals surface area contributed by atoms with E-state index in [1.165, 1.54) is 5.56 Å². The van der Waals surface area contributed by atoms with Gasteiger partial charge in [0.2, 0.25) is 5.91 Å². The Morgan fingerprint density at radius 2 is 1.74 bits per heavy atom. The number of rotatable bonds is 5. The summed E-state index contributed by atoms with van der Waals surface area (Å²) in [5.74, 6) is 1.43. The fraction of sp³-hybridized carbons (Fsp3) is 0.481. The second kappa shape index (κ2) is 11.3. The number of nitrogens with zero attached hydrogens (tertiary/aromatic N) is 2. The van der Waals surface area contributed by atoms with Crippen molar-refractivity contribution in [2.24, 2.45) is 0 Å². The Morgan fingerprint density at radius 3 is 2.49 bits per heavy atom. The summed E-state index contributed by atoms with van der Waals surface area (Å²) in [4.78, 5) is 30.0. The molecule has 3 aliphatic heterocycles. The van der Waals surface area contributed by atoms with Gasteiger partial charge in [-0.25, -0.2) is 0 Å². The van der Waals surface area contributed by atoms with Crippen LogP contribution in [0.15, 0.2) is 42.5 Å². The second-order valence-corrected chi connectivity index (χ2v) is 9.35. The van der Waals surface area contributed by atoms with Crippen LogP contribution < -0.4 is 19.7 Å². The Balaban J connectivity index is 0.00000289. The summed E-state index contributed by atoms with van der Waals surface area (Å²) in [5.41, 5.74) is 2.82. The van der Waals surface area contributed by atoms with Gasteiger partial charge in [-0.05, 0) is 69.0 Å². The standard InChI is InChI=1S/C27H33N3O4.ClH/c1-33-25-18-22(34-21-10-14-28-15-11-21)7-8-23(25)27(32)29-16-12-20(13-17-29)30-24-5-3-2-4-19(24)6-9-26(30)31;/h2-5,7-8,18,20-21,28H,6,9-17H2,1H3;1H. The third kappa shape index (κ3) is 5.41. The minimum atomic E-state index is -0.0333. The van der Waals surface area contributed by atoms with Gasteiger partial charge in [0.25, 0.3) is 5.91 Å². The Labute approximate surface area is 213 Å². The number of hydrogen-bond donors (Lipinski definition) is 1. The van der Waals surface area contributed by atoms with E-state index >= 15 is 0 Å². The molecule has 3 heterocycles. The number of fused-ring (bicyclic) bond motifs is 1. The number of nitrogens with one attached hydrogen (secondary N) is 1. The van der Waals surface area contributed by atoms with E-state index in [4.69, 9.17) is 9.47 Å². The van der Waals surface area contributed by atoms with E-state index in [1.54, 1.807) is 7.11 Å². The predicted octanol–water partition coefficient (Wildman–Crippen LogP) is 3.83. The number of hydrogen-bond acceptors (Lipinski definition) is 5. The number of aryl methyl sites for hydroxylation is 1. The van der Waals surface area contributed by atoms with Crippen LogP contribution >= 0.6 is 12.4 Å². The molecule has 0 radical (unpaired) electrons. The number of para-hydroxylation sites is 1. The summed E-state index contributed by atoms with van der Waals surface area (Å²) in [6.45, 7) is 3.16. The molecule has 188 valence electrons. The van der Waals surface area contributed by atoms with E-state index in [9.17, 15) is 9.59 Å². The van der Waals surface area contributed by atoms with Crippen LogP contribution in [0.5, 0.6) is 11.5 Å². The van der Waals surface area contributed by atoms with Gasteiger partial charge in [-0.2, -0.15) is 0 Å².